The first kappa shape index (κ1) is 19.0. The summed E-state index contributed by atoms with van der Waals surface area (Å²) in [7, 11) is -1.47. The van der Waals surface area contributed by atoms with Crippen LogP contribution in [0.5, 0.6) is 0 Å². The second-order valence-electron chi connectivity index (χ2n) is 5.79. The van der Waals surface area contributed by atoms with Crippen LogP contribution in [0.1, 0.15) is 32.1 Å². The van der Waals surface area contributed by atoms with Crippen LogP contribution in [0.15, 0.2) is 4.99 Å². The maximum atomic E-state index is 11.8. The molecule has 0 heterocycles. The second kappa shape index (κ2) is 9.14. The quantitative estimate of drug-likeness (QED) is 0.304. The molecule has 0 aromatic heterocycles. The number of hydrogen-bond donors (Lipinski definition) is 3. The van der Waals surface area contributed by atoms with Crippen molar-refractivity contribution in [2.45, 2.75) is 32.1 Å². The van der Waals surface area contributed by atoms with Crippen LogP contribution in [-0.4, -0.2) is 46.8 Å². The molecule has 124 valence electrons. The highest BCUT2D eigenvalue weighted by atomic mass is 127. The lowest BCUT2D eigenvalue weighted by Crippen LogP contribution is -2.42. The van der Waals surface area contributed by atoms with Crippen molar-refractivity contribution in [2.75, 3.05) is 32.4 Å². The lowest BCUT2D eigenvalue weighted by molar-refractivity contribution is 0.316. The van der Waals surface area contributed by atoms with E-state index in [9.17, 15) is 8.42 Å². The summed E-state index contributed by atoms with van der Waals surface area (Å²) in [5.74, 6) is 2.09. The van der Waals surface area contributed by atoms with E-state index in [1.807, 2.05) is 0 Å². The lowest BCUT2D eigenvalue weighted by Gasteiger charge is -2.25. The number of aliphatic imine (C=N–C) groups is 1. The third-order valence-electron chi connectivity index (χ3n) is 3.96. The molecule has 2 fully saturated rings. The van der Waals surface area contributed by atoms with Crippen LogP contribution in [0.2, 0.25) is 0 Å². The van der Waals surface area contributed by atoms with E-state index in [4.69, 9.17) is 0 Å². The Morgan fingerprint density at radius 1 is 1.10 bits per heavy atom. The minimum atomic E-state index is -3.17. The zero-order chi connectivity index (χ0) is 14.4. The SMILES string of the molecule is CN=C(NCCS(=O)(=O)NCC1CCC1)NCC1CC1.I. The van der Waals surface area contributed by atoms with Crippen LogP contribution >= 0.6 is 24.0 Å². The fraction of sp³-hybridized carbons (Fsp3) is 0.923. The largest absolute Gasteiger partial charge is 0.356 e. The van der Waals surface area contributed by atoms with Gasteiger partial charge in [-0.3, -0.25) is 4.99 Å². The highest BCUT2D eigenvalue weighted by molar-refractivity contribution is 14.0. The predicted molar refractivity (Wildman–Crippen MR) is 96.6 cm³/mol. The number of halogens is 1. The molecule has 0 aliphatic heterocycles. The topological polar surface area (TPSA) is 82.6 Å². The van der Waals surface area contributed by atoms with Gasteiger partial charge in [-0.05, 0) is 37.5 Å². The Morgan fingerprint density at radius 3 is 2.29 bits per heavy atom. The van der Waals surface area contributed by atoms with Gasteiger partial charge in [-0.1, -0.05) is 6.42 Å². The molecule has 0 aromatic carbocycles. The number of hydrogen-bond acceptors (Lipinski definition) is 3. The molecule has 0 bridgehead atoms. The molecule has 0 radical (unpaired) electrons. The Balaban J connectivity index is 0.00000220. The van der Waals surface area contributed by atoms with Crippen molar-refractivity contribution >= 4 is 40.0 Å². The molecule has 21 heavy (non-hydrogen) atoms. The normalized spacial score (nSPS) is 19.6. The standard InChI is InChI=1S/C13H26N4O2S.HI/c1-14-13(16-9-12-5-6-12)15-7-8-20(18,19)17-10-11-3-2-4-11;/h11-12,17H,2-10H2,1H3,(H2,14,15,16);1H. The van der Waals surface area contributed by atoms with Crippen molar-refractivity contribution in [3.05, 3.63) is 0 Å². The maximum absolute atomic E-state index is 11.8. The van der Waals surface area contributed by atoms with Crippen LogP contribution in [0, 0.1) is 11.8 Å². The second-order valence-corrected chi connectivity index (χ2v) is 7.71. The van der Waals surface area contributed by atoms with Gasteiger partial charge in [0.15, 0.2) is 5.96 Å². The van der Waals surface area contributed by atoms with Gasteiger partial charge in [-0.15, -0.1) is 24.0 Å². The molecule has 0 saturated heterocycles. The first-order chi connectivity index (χ1) is 9.59. The molecule has 0 atom stereocenters. The third kappa shape index (κ3) is 7.64. The smallest absolute Gasteiger partial charge is 0.213 e. The van der Waals surface area contributed by atoms with Crippen LogP contribution in [0.3, 0.4) is 0 Å². The predicted octanol–water partition coefficient (Wildman–Crippen LogP) is 0.899. The fourth-order valence-electron chi connectivity index (χ4n) is 2.10. The minimum Gasteiger partial charge on any atom is -0.356 e. The van der Waals surface area contributed by atoms with Gasteiger partial charge in [0.25, 0.3) is 0 Å². The average molecular weight is 430 g/mol. The summed E-state index contributed by atoms with van der Waals surface area (Å²) < 4.78 is 26.3. The molecule has 0 spiro atoms. The fourth-order valence-corrected chi connectivity index (χ4v) is 3.11. The zero-order valence-corrected chi connectivity index (χ0v) is 15.7. The Labute approximate surface area is 145 Å². The molecule has 2 rings (SSSR count). The zero-order valence-electron chi connectivity index (χ0n) is 12.6. The van der Waals surface area contributed by atoms with Crippen molar-refractivity contribution in [2.24, 2.45) is 16.8 Å². The van der Waals surface area contributed by atoms with Gasteiger partial charge in [-0.2, -0.15) is 0 Å². The molecular weight excluding hydrogens is 403 g/mol. The first-order valence-corrected chi connectivity index (χ1v) is 9.16. The van der Waals surface area contributed by atoms with Crippen molar-refractivity contribution < 1.29 is 8.42 Å². The average Bonchev–Trinajstić information content (AvgIpc) is 3.15. The van der Waals surface area contributed by atoms with Crippen molar-refractivity contribution in [3.63, 3.8) is 0 Å². The van der Waals surface area contributed by atoms with E-state index in [0.29, 0.717) is 25.0 Å². The van der Waals surface area contributed by atoms with Gasteiger partial charge < -0.3 is 10.6 Å². The first-order valence-electron chi connectivity index (χ1n) is 7.51. The molecule has 0 unspecified atom stereocenters. The highest BCUT2D eigenvalue weighted by Gasteiger charge is 2.21. The molecule has 2 aliphatic carbocycles. The number of nitrogens with one attached hydrogen (secondary N) is 3. The molecule has 8 heteroatoms. The summed E-state index contributed by atoms with van der Waals surface area (Å²) >= 11 is 0. The monoisotopic (exact) mass is 430 g/mol. The molecule has 2 saturated carbocycles. The summed E-state index contributed by atoms with van der Waals surface area (Å²) in [6, 6.07) is 0. The number of rotatable bonds is 8. The van der Waals surface area contributed by atoms with Crippen molar-refractivity contribution in [3.8, 4) is 0 Å². The van der Waals surface area contributed by atoms with E-state index in [0.717, 1.165) is 25.3 Å². The molecule has 3 N–H and O–H groups in total. The van der Waals surface area contributed by atoms with Gasteiger partial charge in [0, 0.05) is 26.7 Å². The van der Waals surface area contributed by atoms with E-state index < -0.39 is 10.0 Å². The highest BCUT2D eigenvalue weighted by Crippen LogP contribution is 2.27. The summed E-state index contributed by atoms with van der Waals surface area (Å²) in [5, 5.41) is 6.25. The number of guanidine groups is 1. The van der Waals surface area contributed by atoms with Crippen molar-refractivity contribution in [1.82, 2.24) is 15.4 Å². The summed E-state index contributed by atoms with van der Waals surface area (Å²) in [6.07, 6.45) is 6.10. The van der Waals surface area contributed by atoms with Gasteiger partial charge >= 0.3 is 0 Å². The van der Waals surface area contributed by atoms with E-state index >= 15 is 0 Å². The Morgan fingerprint density at radius 2 is 1.76 bits per heavy atom. The third-order valence-corrected chi connectivity index (χ3v) is 5.31. The summed E-state index contributed by atoms with van der Waals surface area (Å²) in [4.78, 5) is 4.08. The molecule has 0 amide bonds. The van der Waals surface area contributed by atoms with Gasteiger partial charge in [0.1, 0.15) is 0 Å². The van der Waals surface area contributed by atoms with Crippen LogP contribution in [-0.2, 0) is 10.0 Å². The molecular formula is C13H27IN4O2S. The molecule has 2 aliphatic rings. The van der Waals surface area contributed by atoms with Gasteiger partial charge in [0.2, 0.25) is 10.0 Å². The van der Waals surface area contributed by atoms with E-state index in [1.54, 1.807) is 7.05 Å². The number of sulfonamides is 1. The van der Waals surface area contributed by atoms with Crippen LogP contribution in [0.25, 0.3) is 0 Å². The van der Waals surface area contributed by atoms with E-state index in [-0.39, 0.29) is 29.7 Å². The molecule has 6 nitrogen and oxygen atoms in total. The minimum absolute atomic E-state index is 0. The lowest BCUT2D eigenvalue weighted by atomic mass is 9.86. The van der Waals surface area contributed by atoms with Crippen LogP contribution in [0.4, 0.5) is 0 Å². The maximum Gasteiger partial charge on any atom is 0.213 e. The van der Waals surface area contributed by atoms with E-state index in [1.165, 1.54) is 19.3 Å². The summed E-state index contributed by atoms with van der Waals surface area (Å²) in [5.41, 5.74) is 0. The van der Waals surface area contributed by atoms with Gasteiger partial charge in [-0.25, -0.2) is 13.1 Å². The Kier molecular flexibility index (Phi) is 8.25. The van der Waals surface area contributed by atoms with Gasteiger partial charge in [0.05, 0.1) is 5.75 Å². The Hall–Kier alpha value is -0.0900. The van der Waals surface area contributed by atoms with Crippen molar-refractivity contribution in [1.29, 1.82) is 0 Å². The summed E-state index contributed by atoms with van der Waals surface area (Å²) in [6.45, 7) is 1.90. The van der Waals surface area contributed by atoms with Crippen LogP contribution < -0.4 is 15.4 Å². The number of nitrogens with zero attached hydrogens (tertiary/aromatic N) is 1. The Bertz CT molecular complexity index is 433. The molecule has 0 aromatic rings. The van der Waals surface area contributed by atoms with E-state index in [2.05, 4.69) is 20.3 Å².